The van der Waals surface area contributed by atoms with Crippen LogP contribution in [0.25, 0.3) is 0 Å². The molecule has 3 aliphatic rings. The lowest BCUT2D eigenvalue weighted by Gasteiger charge is -2.50. The minimum absolute atomic E-state index is 0.000244. The summed E-state index contributed by atoms with van der Waals surface area (Å²) < 4.78 is 11.6. The summed E-state index contributed by atoms with van der Waals surface area (Å²) in [5.74, 6) is 0.410. The summed E-state index contributed by atoms with van der Waals surface area (Å²) in [6.45, 7) is 4.47. The van der Waals surface area contributed by atoms with Crippen LogP contribution in [0.4, 0.5) is 0 Å². The lowest BCUT2D eigenvalue weighted by Crippen LogP contribution is -2.54. The van der Waals surface area contributed by atoms with Gasteiger partial charge in [-0.05, 0) is 51.5 Å². The summed E-state index contributed by atoms with van der Waals surface area (Å²) in [5.41, 5.74) is -0.457. The van der Waals surface area contributed by atoms with Crippen LogP contribution in [-0.4, -0.2) is 61.2 Å². The number of hydrogen-bond donors (Lipinski definition) is 1. The molecular formula is C15H27NO3. The molecule has 3 rings (SSSR count). The minimum atomic E-state index is -0.457. The van der Waals surface area contributed by atoms with Crippen molar-refractivity contribution in [3.63, 3.8) is 0 Å². The number of aliphatic hydroxyl groups is 1. The van der Waals surface area contributed by atoms with Gasteiger partial charge in [0.1, 0.15) is 0 Å². The molecule has 3 saturated heterocycles. The molecule has 4 nitrogen and oxygen atoms in total. The number of likely N-dealkylation sites (tertiary alicyclic amines) is 1. The maximum absolute atomic E-state index is 11.0. The van der Waals surface area contributed by atoms with Crippen LogP contribution >= 0.6 is 0 Å². The van der Waals surface area contributed by atoms with Crippen LogP contribution in [0.1, 0.15) is 38.5 Å². The van der Waals surface area contributed by atoms with Gasteiger partial charge in [0.15, 0.2) is 0 Å². The summed E-state index contributed by atoms with van der Waals surface area (Å²) in [6.07, 6.45) is 5.87. The highest BCUT2D eigenvalue weighted by Gasteiger charge is 2.47. The van der Waals surface area contributed by atoms with Gasteiger partial charge in [-0.25, -0.2) is 0 Å². The molecule has 1 atom stereocenters. The van der Waals surface area contributed by atoms with Gasteiger partial charge in [0.05, 0.1) is 11.2 Å². The fraction of sp³-hybridized carbons (Fsp3) is 1.00. The predicted molar refractivity (Wildman–Crippen MR) is 73.1 cm³/mol. The van der Waals surface area contributed by atoms with E-state index in [0.29, 0.717) is 5.92 Å². The molecule has 3 heterocycles. The van der Waals surface area contributed by atoms with E-state index in [1.807, 2.05) is 0 Å². The van der Waals surface area contributed by atoms with E-state index in [0.717, 1.165) is 71.4 Å². The van der Waals surface area contributed by atoms with E-state index in [1.165, 1.54) is 0 Å². The predicted octanol–water partition coefficient (Wildman–Crippen LogP) is 1.42. The Hall–Kier alpha value is -0.160. The first kappa shape index (κ1) is 13.8. The first-order valence-electron chi connectivity index (χ1n) is 7.75. The molecule has 3 aliphatic heterocycles. The molecule has 0 radical (unpaired) electrons. The molecule has 19 heavy (non-hydrogen) atoms. The van der Waals surface area contributed by atoms with Gasteiger partial charge in [0, 0.05) is 32.9 Å². The highest BCUT2D eigenvalue weighted by Crippen LogP contribution is 2.44. The fourth-order valence-electron chi connectivity index (χ4n) is 3.99. The molecule has 110 valence electrons. The Morgan fingerprint density at radius 1 is 1.05 bits per heavy atom. The van der Waals surface area contributed by atoms with Crippen LogP contribution in [0.3, 0.4) is 0 Å². The topological polar surface area (TPSA) is 41.9 Å². The molecule has 0 aromatic rings. The SMILES string of the molecule is CN1CCC(O)(C2CCOC3(CCOCC3)C2)CC1. The second-order valence-electron chi connectivity index (χ2n) is 6.74. The van der Waals surface area contributed by atoms with E-state index in [-0.39, 0.29) is 5.60 Å². The van der Waals surface area contributed by atoms with Crippen LogP contribution in [0.2, 0.25) is 0 Å². The third-order valence-electron chi connectivity index (χ3n) is 5.51. The van der Waals surface area contributed by atoms with Crippen LogP contribution in [0.15, 0.2) is 0 Å². The lowest BCUT2D eigenvalue weighted by molar-refractivity contribution is -0.182. The molecule has 0 aliphatic carbocycles. The van der Waals surface area contributed by atoms with Crippen molar-refractivity contribution in [1.82, 2.24) is 4.90 Å². The van der Waals surface area contributed by atoms with Crippen molar-refractivity contribution in [1.29, 1.82) is 0 Å². The highest BCUT2D eigenvalue weighted by molar-refractivity contribution is 4.98. The second-order valence-corrected chi connectivity index (χ2v) is 6.74. The monoisotopic (exact) mass is 269 g/mol. The normalized spacial score (nSPS) is 35.4. The summed E-state index contributed by atoms with van der Waals surface area (Å²) >= 11 is 0. The van der Waals surface area contributed by atoms with Crippen molar-refractivity contribution in [3.05, 3.63) is 0 Å². The first-order chi connectivity index (χ1) is 9.12. The summed E-state index contributed by atoms with van der Waals surface area (Å²) in [5, 5.41) is 11.0. The van der Waals surface area contributed by atoms with Gasteiger partial charge < -0.3 is 19.5 Å². The zero-order valence-corrected chi connectivity index (χ0v) is 12.1. The Kier molecular flexibility index (Phi) is 3.87. The van der Waals surface area contributed by atoms with Crippen molar-refractivity contribution in [2.75, 3.05) is 40.0 Å². The van der Waals surface area contributed by atoms with E-state index in [1.54, 1.807) is 0 Å². The largest absolute Gasteiger partial charge is 0.389 e. The van der Waals surface area contributed by atoms with Gasteiger partial charge in [-0.1, -0.05) is 0 Å². The Morgan fingerprint density at radius 3 is 2.42 bits per heavy atom. The Morgan fingerprint density at radius 2 is 1.74 bits per heavy atom. The Bertz CT molecular complexity index is 301. The van der Waals surface area contributed by atoms with E-state index in [4.69, 9.17) is 9.47 Å². The van der Waals surface area contributed by atoms with E-state index in [2.05, 4.69) is 11.9 Å². The fourth-order valence-corrected chi connectivity index (χ4v) is 3.99. The molecule has 0 bridgehead atoms. The molecule has 1 spiro atoms. The van der Waals surface area contributed by atoms with Crippen molar-refractivity contribution >= 4 is 0 Å². The first-order valence-corrected chi connectivity index (χ1v) is 7.75. The molecule has 0 aromatic heterocycles. The number of hydrogen-bond acceptors (Lipinski definition) is 4. The molecule has 1 unspecified atom stereocenters. The lowest BCUT2D eigenvalue weighted by atomic mass is 9.70. The third-order valence-corrected chi connectivity index (χ3v) is 5.51. The highest BCUT2D eigenvalue weighted by atomic mass is 16.5. The summed E-state index contributed by atoms with van der Waals surface area (Å²) in [7, 11) is 2.14. The van der Waals surface area contributed by atoms with Crippen molar-refractivity contribution in [3.8, 4) is 0 Å². The average Bonchev–Trinajstić information content (AvgIpc) is 2.43. The van der Waals surface area contributed by atoms with Gasteiger partial charge in [-0.3, -0.25) is 0 Å². The molecular weight excluding hydrogens is 242 g/mol. The van der Waals surface area contributed by atoms with E-state index >= 15 is 0 Å². The number of ether oxygens (including phenoxy) is 2. The van der Waals surface area contributed by atoms with Crippen LogP contribution in [-0.2, 0) is 9.47 Å². The van der Waals surface area contributed by atoms with Gasteiger partial charge in [0.25, 0.3) is 0 Å². The summed E-state index contributed by atoms with van der Waals surface area (Å²) in [4.78, 5) is 2.32. The zero-order chi connectivity index (χ0) is 13.3. The molecule has 1 N–H and O–H groups in total. The van der Waals surface area contributed by atoms with Gasteiger partial charge in [0.2, 0.25) is 0 Å². The van der Waals surface area contributed by atoms with Crippen LogP contribution in [0, 0.1) is 5.92 Å². The maximum atomic E-state index is 11.0. The molecule has 0 aromatic carbocycles. The van der Waals surface area contributed by atoms with Gasteiger partial charge in [-0.2, -0.15) is 0 Å². The van der Waals surface area contributed by atoms with Crippen LogP contribution < -0.4 is 0 Å². The van der Waals surface area contributed by atoms with Gasteiger partial charge >= 0.3 is 0 Å². The Labute approximate surface area is 116 Å². The molecule has 0 amide bonds. The molecule has 0 saturated carbocycles. The van der Waals surface area contributed by atoms with Crippen molar-refractivity contribution < 1.29 is 14.6 Å². The zero-order valence-electron chi connectivity index (χ0n) is 12.1. The molecule has 3 fully saturated rings. The number of piperidine rings is 1. The standard InChI is InChI=1S/C15H27NO3/c1-16-7-3-15(17,4-8-16)13-2-9-19-14(12-13)5-10-18-11-6-14/h13,17H,2-12H2,1H3. The van der Waals surface area contributed by atoms with Crippen LogP contribution in [0.5, 0.6) is 0 Å². The van der Waals surface area contributed by atoms with Gasteiger partial charge in [-0.15, -0.1) is 0 Å². The van der Waals surface area contributed by atoms with Crippen molar-refractivity contribution in [2.45, 2.75) is 49.7 Å². The number of rotatable bonds is 1. The smallest absolute Gasteiger partial charge is 0.0730 e. The summed E-state index contributed by atoms with van der Waals surface area (Å²) in [6, 6.07) is 0. The van der Waals surface area contributed by atoms with E-state index < -0.39 is 5.60 Å². The van der Waals surface area contributed by atoms with E-state index in [9.17, 15) is 5.11 Å². The quantitative estimate of drug-likeness (QED) is 0.782. The average molecular weight is 269 g/mol. The second kappa shape index (κ2) is 5.32. The van der Waals surface area contributed by atoms with Crippen molar-refractivity contribution in [2.24, 2.45) is 5.92 Å². The minimum Gasteiger partial charge on any atom is -0.389 e. The number of nitrogens with zero attached hydrogens (tertiary/aromatic N) is 1. The third kappa shape index (κ3) is 2.82. The maximum Gasteiger partial charge on any atom is 0.0730 e. The molecule has 4 heteroatoms. The Balaban J connectivity index is 1.67.